The number of imidazole rings is 1. The predicted molar refractivity (Wildman–Crippen MR) is 63.1 cm³/mol. The number of aromatic carboxylic acids is 1. The molecule has 0 atom stereocenters. The molecule has 0 aliphatic rings. The van der Waals surface area contributed by atoms with E-state index in [1.165, 1.54) is 13.0 Å². The van der Waals surface area contributed by atoms with Gasteiger partial charge in [0.05, 0.1) is 16.9 Å². The van der Waals surface area contributed by atoms with E-state index in [-0.39, 0.29) is 17.1 Å². The zero-order chi connectivity index (χ0) is 15.1. The number of carboxylic acid groups (broad SMARTS) is 1. The first-order chi connectivity index (χ1) is 9.21. The van der Waals surface area contributed by atoms with Gasteiger partial charge in [0, 0.05) is 0 Å². The molecule has 1 heterocycles. The first-order valence-corrected chi connectivity index (χ1v) is 5.44. The summed E-state index contributed by atoms with van der Waals surface area (Å²) in [6.45, 7) is 1.33. The van der Waals surface area contributed by atoms with Gasteiger partial charge in [0.1, 0.15) is 5.69 Å². The maximum Gasteiger partial charge on any atom is 0.416 e. The van der Waals surface area contributed by atoms with Crippen molar-refractivity contribution in [2.24, 2.45) is 0 Å². The third kappa shape index (κ3) is 2.31. The molecule has 0 saturated carbocycles. The monoisotopic (exact) mass is 286 g/mol. The van der Waals surface area contributed by atoms with E-state index in [0.717, 1.165) is 22.8 Å². The lowest BCUT2D eigenvalue weighted by atomic mass is 10.2. The number of rotatable bonds is 2. The van der Waals surface area contributed by atoms with E-state index in [1.807, 2.05) is 0 Å². The Morgan fingerprint density at radius 2 is 2.00 bits per heavy atom. The standard InChI is InChI=1S/C12H9F3N2O3/c1-6-9(10(18)19)16-11(20)17(6)8-4-2-3-7(5-8)12(13,14)15/h2-5H,1H3,(H,16,20)(H,18,19). The number of alkyl halides is 3. The SMILES string of the molecule is Cc1c(C(=O)O)[nH]c(=O)n1-c1cccc(C(F)(F)F)c1. The van der Waals surface area contributed by atoms with Crippen molar-refractivity contribution in [2.75, 3.05) is 0 Å². The van der Waals surface area contributed by atoms with Gasteiger partial charge in [0.2, 0.25) is 0 Å². The number of benzene rings is 1. The molecule has 0 aliphatic carbocycles. The van der Waals surface area contributed by atoms with Crippen LogP contribution in [0.3, 0.4) is 0 Å². The van der Waals surface area contributed by atoms with Crippen LogP contribution in [0.4, 0.5) is 13.2 Å². The number of nitrogens with zero attached hydrogens (tertiary/aromatic N) is 1. The zero-order valence-electron chi connectivity index (χ0n) is 10.2. The van der Waals surface area contributed by atoms with Crippen LogP contribution in [0.15, 0.2) is 29.1 Å². The molecule has 0 fully saturated rings. The molecule has 0 unspecified atom stereocenters. The summed E-state index contributed by atoms with van der Waals surface area (Å²) in [7, 11) is 0. The van der Waals surface area contributed by atoms with Crippen LogP contribution in [0.5, 0.6) is 0 Å². The van der Waals surface area contributed by atoms with E-state index in [2.05, 4.69) is 4.98 Å². The Balaban J connectivity index is 2.64. The lowest BCUT2D eigenvalue weighted by Gasteiger charge is -2.09. The molecule has 0 spiro atoms. The van der Waals surface area contributed by atoms with Crippen LogP contribution < -0.4 is 5.69 Å². The molecule has 2 rings (SSSR count). The molecule has 0 aliphatic heterocycles. The van der Waals surface area contributed by atoms with Crippen molar-refractivity contribution < 1.29 is 23.1 Å². The number of hydrogen-bond donors (Lipinski definition) is 2. The Bertz CT molecular complexity index is 728. The van der Waals surface area contributed by atoms with Crippen LogP contribution in [0.1, 0.15) is 21.7 Å². The van der Waals surface area contributed by atoms with Crippen molar-refractivity contribution in [1.29, 1.82) is 0 Å². The number of halogens is 3. The van der Waals surface area contributed by atoms with Gasteiger partial charge in [-0.3, -0.25) is 9.55 Å². The molecule has 0 bridgehead atoms. The molecule has 2 aromatic rings. The third-order valence-corrected chi connectivity index (χ3v) is 2.78. The average molecular weight is 286 g/mol. The Labute approximate surface area is 110 Å². The number of H-pyrrole nitrogens is 1. The first kappa shape index (κ1) is 13.9. The van der Waals surface area contributed by atoms with Crippen molar-refractivity contribution in [3.05, 3.63) is 51.7 Å². The summed E-state index contributed by atoms with van der Waals surface area (Å²) in [4.78, 5) is 24.7. The quantitative estimate of drug-likeness (QED) is 0.888. The maximum atomic E-state index is 12.6. The number of carboxylic acids is 1. The number of carbonyl (C=O) groups is 1. The van der Waals surface area contributed by atoms with Gasteiger partial charge in [-0.1, -0.05) is 6.07 Å². The third-order valence-electron chi connectivity index (χ3n) is 2.78. The van der Waals surface area contributed by atoms with Crippen LogP contribution in [0.25, 0.3) is 5.69 Å². The number of hydrogen-bond acceptors (Lipinski definition) is 2. The van der Waals surface area contributed by atoms with E-state index in [1.54, 1.807) is 0 Å². The lowest BCUT2D eigenvalue weighted by molar-refractivity contribution is -0.137. The largest absolute Gasteiger partial charge is 0.477 e. The first-order valence-electron chi connectivity index (χ1n) is 5.44. The van der Waals surface area contributed by atoms with Crippen molar-refractivity contribution in [1.82, 2.24) is 9.55 Å². The fraction of sp³-hybridized carbons (Fsp3) is 0.167. The smallest absolute Gasteiger partial charge is 0.416 e. The van der Waals surface area contributed by atoms with Gasteiger partial charge >= 0.3 is 17.8 Å². The molecule has 5 nitrogen and oxygen atoms in total. The number of nitrogens with one attached hydrogen (secondary N) is 1. The molecular weight excluding hydrogens is 277 g/mol. The van der Waals surface area contributed by atoms with E-state index < -0.39 is 23.4 Å². The minimum atomic E-state index is -4.54. The van der Waals surface area contributed by atoms with E-state index in [9.17, 15) is 22.8 Å². The topological polar surface area (TPSA) is 75.1 Å². The molecule has 1 aromatic carbocycles. The van der Waals surface area contributed by atoms with Crippen LogP contribution in [0.2, 0.25) is 0 Å². The Kier molecular flexibility index (Phi) is 3.16. The predicted octanol–water partition coefficient (Wildman–Crippen LogP) is 2.19. The maximum absolute atomic E-state index is 12.6. The summed E-state index contributed by atoms with van der Waals surface area (Å²) in [5.41, 5.74) is -2.10. The Morgan fingerprint density at radius 3 is 2.50 bits per heavy atom. The second kappa shape index (κ2) is 4.55. The molecular formula is C12H9F3N2O3. The molecule has 106 valence electrons. The van der Waals surface area contributed by atoms with Gasteiger partial charge < -0.3 is 5.11 Å². The number of aromatic nitrogens is 2. The van der Waals surface area contributed by atoms with E-state index >= 15 is 0 Å². The summed E-state index contributed by atoms with van der Waals surface area (Å²) in [6.07, 6.45) is -4.54. The summed E-state index contributed by atoms with van der Waals surface area (Å²) >= 11 is 0. The molecule has 0 saturated heterocycles. The van der Waals surface area contributed by atoms with Crippen LogP contribution in [-0.4, -0.2) is 20.6 Å². The summed E-state index contributed by atoms with van der Waals surface area (Å²) in [5, 5.41) is 8.87. The molecule has 8 heteroatoms. The highest BCUT2D eigenvalue weighted by atomic mass is 19.4. The lowest BCUT2D eigenvalue weighted by Crippen LogP contribution is -2.16. The van der Waals surface area contributed by atoms with Crippen molar-refractivity contribution in [3.63, 3.8) is 0 Å². The normalized spacial score (nSPS) is 11.6. The van der Waals surface area contributed by atoms with Crippen LogP contribution >= 0.6 is 0 Å². The van der Waals surface area contributed by atoms with Gasteiger partial charge in [-0.2, -0.15) is 13.2 Å². The van der Waals surface area contributed by atoms with Crippen molar-refractivity contribution in [2.45, 2.75) is 13.1 Å². The van der Waals surface area contributed by atoms with Gasteiger partial charge in [-0.05, 0) is 25.1 Å². The molecule has 0 amide bonds. The minimum absolute atomic E-state index is 0.0295. The summed E-state index contributed by atoms with van der Waals surface area (Å²) < 4.78 is 38.8. The second-order valence-corrected chi connectivity index (χ2v) is 4.08. The fourth-order valence-electron chi connectivity index (χ4n) is 1.86. The second-order valence-electron chi connectivity index (χ2n) is 4.08. The minimum Gasteiger partial charge on any atom is -0.477 e. The van der Waals surface area contributed by atoms with Crippen molar-refractivity contribution in [3.8, 4) is 5.69 Å². The van der Waals surface area contributed by atoms with Gasteiger partial charge in [-0.25, -0.2) is 9.59 Å². The van der Waals surface area contributed by atoms with E-state index in [4.69, 9.17) is 5.11 Å². The summed E-state index contributed by atoms with van der Waals surface area (Å²) in [5.74, 6) is -1.36. The molecule has 1 aromatic heterocycles. The molecule has 0 radical (unpaired) electrons. The van der Waals surface area contributed by atoms with Crippen molar-refractivity contribution >= 4 is 5.97 Å². The highest BCUT2D eigenvalue weighted by Crippen LogP contribution is 2.30. The van der Waals surface area contributed by atoms with E-state index in [0.29, 0.717) is 0 Å². The van der Waals surface area contributed by atoms with Gasteiger partial charge in [0.15, 0.2) is 0 Å². The van der Waals surface area contributed by atoms with Crippen LogP contribution in [-0.2, 0) is 6.18 Å². The molecule has 20 heavy (non-hydrogen) atoms. The average Bonchev–Trinajstić information content (AvgIpc) is 2.64. The van der Waals surface area contributed by atoms with Crippen LogP contribution in [0, 0.1) is 6.92 Å². The van der Waals surface area contributed by atoms with Gasteiger partial charge in [0.25, 0.3) is 0 Å². The summed E-state index contributed by atoms with van der Waals surface area (Å²) in [6, 6.07) is 4.10. The Hall–Kier alpha value is -2.51. The zero-order valence-corrected chi connectivity index (χ0v) is 10.2. The molecule has 2 N–H and O–H groups in total. The Morgan fingerprint density at radius 1 is 1.35 bits per heavy atom. The fourth-order valence-corrected chi connectivity index (χ4v) is 1.86. The van der Waals surface area contributed by atoms with Gasteiger partial charge in [-0.15, -0.1) is 0 Å². The highest BCUT2D eigenvalue weighted by Gasteiger charge is 2.31. The number of aromatic amines is 1. The highest BCUT2D eigenvalue weighted by molar-refractivity contribution is 5.86.